The van der Waals surface area contributed by atoms with Crippen LogP contribution in [-0.4, -0.2) is 30.5 Å². The van der Waals surface area contributed by atoms with Gasteiger partial charge in [0.2, 0.25) is 11.9 Å². The van der Waals surface area contributed by atoms with Gasteiger partial charge in [-0.2, -0.15) is 5.10 Å². The number of anilines is 1. The first kappa shape index (κ1) is 17.4. The Hall–Kier alpha value is -2.38. The predicted molar refractivity (Wildman–Crippen MR) is 95.8 cm³/mol. The highest BCUT2D eigenvalue weighted by atomic mass is 35.5. The third kappa shape index (κ3) is 4.80. The summed E-state index contributed by atoms with van der Waals surface area (Å²) in [5.74, 6) is 0.0853. The van der Waals surface area contributed by atoms with Gasteiger partial charge in [-0.1, -0.05) is 29.3 Å². The number of carbonyl (C=O) groups is 1. The van der Waals surface area contributed by atoms with Gasteiger partial charge in [-0.05, 0) is 30.7 Å². The van der Waals surface area contributed by atoms with Crippen molar-refractivity contribution in [3.05, 3.63) is 58.1 Å². The van der Waals surface area contributed by atoms with Gasteiger partial charge in [0.05, 0.1) is 12.2 Å². The van der Waals surface area contributed by atoms with Crippen molar-refractivity contribution in [1.29, 1.82) is 0 Å². The molecule has 130 valence electrons. The average Bonchev–Trinajstić information content (AvgIpc) is 3.17. The molecule has 0 saturated heterocycles. The van der Waals surface area contributed by atoms with Gasteiger partial charge in [-0.3, -0.25) is 14.8 Å². The van der Waals surface area contributed by atoms with E-state index >= 15 is 0 Å². The van der Waals surface area contributed by atoms with E-state index in [1.54, 1.807) is 21.5 Å². The maximum Gasteiger partial charge on any atom is 0.248 e. The monoisotopic (exact) mass is 378 g/mol. The van der Waals surface area contributed by atoms with Gasteiger partial charge in [0, 0.05) is 29.2 Å². The maximum absolute atomic E-state index is 12.0. The molecule has 0 saturated carbocycles. The number of aryl methyl sites for hydroxylation is 2. The molecule has 1 N–H and O–H groups in total. The van der Waals surface area contributed by atoms with E-state index in [1.807, 2.05) is 25.3 Å². The van der Waals surface area contributed by atoms with E-state index in [1.165, 1.54) is 6.33 Å². The molecule has 0 aliphatic rings. The molecule has 25 heavy (non-hydrogen) atoms. The van der Waals surface area contributed by atoms with Crippen molar-refractivity contribution in [2.75, 3.05) is 5.32 Å². The third-order valence-corrected chi connectivity index (χ3v) is 4.06. The summed E-state index contributed by atoms with van der Waals surface area (Å²) in [5.41, 5.74) is 1.78. The number of hydrogen-bond donors (Lipinski definition) is 1. The lowest BCUT2D eigenvalue weighted by Gasteiger charge is -2.04. The van der Waals surface area contributed by atoms with Gasteiger partial charge in [-0.25, -0.2) is 9.67 Å². The van der Waals surface area contributed by atoms with Crippen LogP contribution in [0, 0.1) is 6.92 Å². The Kier molecular flexibility index (Phi) is 5.35. The van der Waals surface area contributed by atoms with E-state index in [0.29, 0.717) is 29.6 Å². The molecule has 3 aromatic rings. The molecule has 2 aromatic heterocycles. The molecule has 0 aliphatic heterocycles. The van der Waals surface area contributed by atoms with Crippen LogP contribution in [0.4, 0.5) is 5.95 Å². The van der Waals surface area contributed by atoms with Crippen LogP contribution in [0.1, 0.15) is 17.7 Å². The summed E-state index contributed by atoms with van der Waals surface area (Å²) < 4.78 is 3.32. The number of rotatable bonds is 6. The van der Waals surface area contributed by atoms with Crippen molar-refractivity contribution in [2.45, 2.75) is 26.4 Å². The van der Waals surface area contributed by atoms with Gasteiger partial charge in [0.25, 0.3) is 0 Å². The summed E-state index contributed by atoms with van der Waals surface area (Å²) in [4.78, 5) is 16.1. The lowest BCUT2D eigenvalue weighted by molar-refractivity contribution is -0.116. The quantitative estimate of drug-likeness (QED) is 0.714. The maximum atomic E-state index is 12.0. The topological polar surface area (TPSA) is 77.6 Å². The van der Waals surface area contributed by atoms with Crippen molar-refractivity contribution >= 4 is 35.1 Å². The van der Waals surface area contributed by atoms with Crippen LogP contribution < -0.4 is 5.32 Å². The molecule has 0 unspecified atom stereocenters. The standard InChI is InChI=1S/C16H16Cl2N6O/c1-11-4-6-23(21-11)7-5-15(25)20-16-19-10-24(22-16)9-12-2-3-13(17)8-14(12)18/h2-4,6,8,10H,5,7,9H2,1H3,(H,20,22,25). The molecule has 0 fully saturated rings. The molecule has 9 heteroatoms. The van der Waals surface area contributed by atoms with E-state index in [4.69, 9.17) is 23.2 Å². The number of aromatic nitrogens is 5. The molecule has 1 amide bonds. The SMILES string of the molecule is Cc1ccn(CCC(=O)Nc2ncn(Cc3ccc(Cl)cc3Cl)n2)n1. The summed E-state index contributed by atoms with van der Waals surface area (Å²) in [5, 5.41) is 12.3. The number of carbonyl (C=O) groups excluding carboxylic acids is 1. The summed E-state index contributed by atoms with van der Waals surface area (Å²) in [6, 6.07) is 7.16. The van der Waals surface area contributed by atoms with Crippen molar-refractivity contribution < 1.29 is 4.79 Å². The highest BCUT2D eigenvalue weighted by molar-refractivity contribution is 6.35. The number of amides is 1. The lowest BCUT2D eigenvalue weighted by Crippen LogP contribution is -2.16. The molecule has 0 atom stereocenters. The van der Waals surface area contributed by atoms with Gasteiger partial charge in [0.15, 0.2) is 0 Å². The zero-order valence-corrected chi connectivity index (χ0v) is 15.0. The van der Waals surface area contributed by atoms with Crippen LogP contribution in [0.25, 0.3) is 0 Å². The molecule has 0 radical (unpaired) electrons. The lowest BCUT2D eigenvalue weighted by atomic mass is 10.2. The van der Waals surface area contributed by atoms with Crippen LogP contribution in [0.2, 0.25) is 10.0 Å². The van der Waals surface area contributed by atoms with E-state index < -0.39 is 0 Å². The fourth-order valence-electron chi connectivity index (χ4n) is 2.24. The summed E-state index contributed by atoms with van der Waals surface area (Å²) in [7, 11) is 0. The van der Waals surface area contributed by atoms with E-state index in [9.17, 15) is 4.79 Å². The number of nitrogens with zero attached hydrogens (tertiary/aromatic N) is 5. The fourth-order valence-corrected chi connectivity index (χ4v) is 2.71. The molecule has 1 aromatic carbocycles. The minimum Gasteiger partial charge on any atom is -0.293 e. The predicted octanol–water partition coefficient (Wildman–Crippen LogP) is 3.17. The number of benzene rings is 1. The fraction of sp³-hybridized carbons (Fsp3) is 0.250. The minimum atomic E-state index is -0.171. The second-order valence-corrected chi connectivity index (χ2v) is 6.36. The van der Waals surface area contributed by atoms with Crippen molar-refractivity contribution in [2.24, 2.45) is 0 Å². The van der Waals surface area contributed by atoms with Gasteiger partial charge in [0.1, 0.15) is 6.33 Å². The van der Waals surface area contributed by atoms with Crippen molar-refractivity contribution in [3.8, 4) is 0 Å². The Morgan fingerprint density at radius 3 is 2.76 bits per heavy atom. The number of hydrogen-bond acceptors (Lipinski definition) is 4. The van der Waals surface area contributed by atoms with E-state index in [0.717, 1.165) is 11.3 Å². The normalized spacial score (nSPS) is 10.8. The average molecular weight is 379 g/mol. The summed E-state index contributed by atoms with van der Waals surface area (Å²) in [6.07, 6.45) is 3.67. The molecule has 0 aliphatic carbocycles. The van der Waals surface area contributed by atoms with Crippen molar-refractivity contribution in [3.63, 3.8) is 0 Å². The van der Waals surface area contributed by atoms with Gasteiger partial charge >= 0.3 is 0 Å². The van der Waals surface area contributed by atoms with Crippen LogP contribution in [0.3, 0.4) is 0 Å². The minimum absolute atomic E-state index is 0.171. The first-order valence-corrected chi connectivity index (χ1v) is 8.38. The first-order chi connectivity index (χ1) is 12.0. The molecular formula is C16H16Cl2N6O. The Morgan fingerprint density at radius 1 is 1.20 bits per heavy atom. The van der Waals surface area contributed by atoms with E-state index in [-0.39, 0.29) is 11.9 Å². The Morgan fingerprint density at radius 2 is 2.04 bits per heavy atom. The highest BCUT2D eigenvalue weighted by Gasteiger charge is 2.09. The molecule has 3 rings (SSSR count). The van der Waals surface area contributed by atoms with Crippen LogP contribution in [0.5, 0.6) is 0 Å². The zero-order chi connectivity index (χ0) is 17.8. The molecule has 0 spiro atoms. The highest BCUT2D eigenvalue weighted by Crippen LogP contribution is 2.21. The Labute approximate surface area is 154 Å². The van der Waals surface area contributed by atoms with Crippen LogP contribution in [-0.2, 0) is 17.9 Å². The number of nitrogens with one attached hydrogen (secondary N) is 1. The zero-order valence-electron chi connectivity index (χ0n) is 13.5. The third-order valence-electron chi connectivity index (χ3n) is 3.48. The first-order valence-electron chi connectivity index (χ1n) is 7.63. The molecule has 2 heterocycles. The smallest absolute Gasteiger partial charge is 0.248 e. The molecule has 7 nitrogen and oxygen atoms in total. The Bertz CT molecular complexity index is 888. The summed E-state index contributed by atoms with van der Waals surface area (Å²) in [6.45, 7) is 2.84. The molecular weight excluding hydrogens is 363 g/mol. The van der Waals surface area contributed by atoms with Crippen molar-refractivity contribution in [1.82, 2.24) is 24.5 Å². The van der Waals surface area contributed by atoms with Gasteiger partial charge in [-0.15, -0.1) is 5.10 Å². The second-order valence-electron chi connectivity index (χ2n) is 5.52. The van der Waals surface area contributed by atoms with Gasteiger partial charge < -0.3 is 0 Å². The largest absolute Gasteiger partial charge is 0.293 e. The molecule has 0 bridgehead atoms. The van der Waals surface area contributed by atoms with E-state index in [2.05, 4.69) is 20.5 Å². The summed E-state index contributed by atoms with van der Waals surface area (Å²) >= 11 is 12.0. The van der Waals surface area contributed by atoms with Crippen LogP contribution in [0.15, 0.2) is 36.8 Å². The number of halogens is 2. The second kappa shape index (κ2) is 7.67. The Balaban J connectivity index is 1.55. The van der Waals surface area contributed by atoms with Crippen LogP contribution >= 0.6 is 23.2 Å².